The maximum atomic E-state index is 13.7. The number of hydrogen-bond acceptors (Lipinski definition) is 2. The number of aryl methyl sites for hydroxylation is 1. The molecule has 3 rings (SSSR count). The minimum absolute atomic E-state index is 0.0885. The highest BCUT2D eigenvalue weighted by molar-refractivity contribution is 6.00. The van der Waals surface area contributed by atoms with Gasteiger partial charge in [-0.2, -0.15) is 0 Å². The molecule has 1 aromatic rings. The minimum atomic E-state index is -0.476. The summed E-state index contributed by atoms with van der Waals surface area (Å²) < 4.78 is 13.7. The zero-order valence-electron chi connectivity index (χ0n) is 12.3. The van der Waals surface area contributed by atoms with Gasteiger partial charge in [0.2, 0.25) is 11.8 Å². The number of hydrogen-bond donors (Lipinski definition) is 0. The van der Waals surface area contributed by atoms with Crippen LogP contribution in [0.4, 0.5) is 10.1 Å². The van der Waals surface area contributed by atoms with E-state index < -0.39 is 6.04 Å². The third kappa shape index (κ3) is 2.52. The Balaban J connectivity index is 1.79. The first-order chi connectivity index (χ1) is 9.99. The fourth-order valence-corrected chi connectivity index (χ4v) is 2.74. The van der Waals surface area contributed by atoms with Gasteiger partial charge in [-0.1, -0.05) is 6.07 Å². The summed E-state index contributed by atoms with van der Waals surface area (Å²) in [5.74, 6) is -0.253. The third-order valence-electron chi connectivity index (χ3n) is 4.33. The lowest BCUT2D eigenvalue weighted by molar-refractivity contribution is -0.141. The van der Waals surface area contributed by atoms with Gasteiger partial charge in [-0.05, 0) is 44.4 Å². The molecule has 1 unspecified atom stereocenters. The van der Waals surface area contributed by atoms with E-state index in [0.717, 1.165) is 12.8 Å². The second kappa shape index (κ2) is 5.13. The molecule has 1 saturated carbocycles. The minimum Gasteiger partial charge on any atom is -0.329 e. The average Bonchev–Trinajstić information content (AvgIpc) is 3.29. The van der Waals surface area contributed by atoms with Crippen LogP contribution in [-0.4, -0.2) is 35.8 Å². The van der Waals surface area contributed by atoms with E-state index in [1.54, 1.807) is 35.8 Å². The van der Waals surface area contributed by atoms with E-state index in [1.807, 2.05) is 0 Å². The fourth-order valence-electron chi connectivity index (χ4n) is 2.74. The standard InChI is InChI=1S/C16H19FN2O2/c1-10-3-6-13(9-14(10)17)19-8-7-18(11(2)15(19)20)16(21)12-4-5-12/h3,6,9,11-12H,4-5,7-8H2,1-2H3. The number of piperazine rings is 1. The molecule has 1 atom stereocenters. The van der Waals surface area contributed by atoms with Gasteiger partial charge in [0.15, 0.2) is 0 Å². The highest BCUT2D eigenvalue weighted by Crippen LogP contribution is 2.33. The molecule has 0 N–H and O–H groups in total. The summed E-state index contributed by atoms with van der Waals surface area (Å²) in [6, 6.07) is 4.33. The lowest BCUT2D eigenvalue weighted by Gasteiger charge is -2.39. The first-order valence-electron chi connectivity index (χ1n) is 7.37. The molecule has 112 valence electrons. The molecule has 2 aliphatic rings. The summed E-state index contributed by atoms with van der Waals surface area (Å²) in [6.45, 7) is 4.37. The molecular weight excluding hydrogens is 271 g/mol. The maximum Gasteiger partial charge on any atom is 0.249 e. The van der Waals surface area contributed by atoms with Gasteiger partial charge in [-0.25, -0.2) is 4.39 Å². The molecule has 0 bridgehead atoms. The van der Waals surface area contributed by atoms with Crippen molar-refractivity contribution < 1.29 is 14.0 Å². The van der Waals surface area contributed by atoms with Crippen LogP contribution in [0.25, 0.3) is 0 Å². The van der Waals surface area contributed by atoms with Crippen molar-refractivity contribution in [1.29, 1.82) is 0 Å². The molecule has 1 aliphatic carbocycles. The Labute approximate surface area is 123 Å². The summed E-state index contributed by atoms with van der Waals surface area (Å²) in [7, 11) is 0. The second-order valence-electron chi connectivity index (χ2n) is 5.91. The van der Waals surface area contributed by atoms with Gasteiger partial charge in [0.25, 0.3) is 0 Å². The van der Waals surface area contributed by atoms with Crippen LogP contribution in [-0.2, 0) is 9.59 Å². The average molecular weight is 290 g/mol. The quantitative estimate of drug-likeness (QED) is 0.837. The topological polar surface area (TPSA) is 40.6 Å². The van der Waals surface area contributed by atoms with Crippen molar-refractivity contribution in [1.82, 2.24) is 4.90 Å². The van der Waals surface area contributed by atoms with Gasteiger partial charge in [-0.15, -0.1) is 0 Å². The summed E-state index contributed by atoms with van der Waals surface area (Å²) >= 11 is 0. The van der Waals surface area contributed by atoms with E-state index in [9.17, 15) is 14.0 Å². The molecule has 5 heteroatoms. The lowest BCUT2D eigenvalue weighted by atomic mass is 10.1. The van der Waals surface area contributed by atoms with Crippen molar-refractivity contribution in [3.63, 3.8) is 0 Å². The van der Waals surface area contributed by atoms with Gasteiger partial charge in [0.05, 0.1) is 0 Å². The molecule has 2 amide bonds. The van der Waals surface area contributed by atoms with Crippen LogP contribution in [0.1, 0.15) is 25.3 Å². The van der Waals surface area contributed by atoms with Crippen LogP contribution in [0.5, 0.6) is 0 Å². The lowest BCUT2D eigenvalue weighted by Crippen LogP contribution is -2.58. The zero-order chi connectivity index (χ0) is 15.1. The van der Waals surface area contributed by atoms with Crippen LogP contribution in [0, 0.1) is 18.7 Å². The molecule has 1 aliphatic heterocycles. The van der Waals surface area contributed by atoms with Crippen molar-refractivity contribution in [3.05, 3.63) is 29.6 Å². The van der Waals surface area contributed by atoms with Crippen molar-refractivity contribution in [2.75, 3.05) is 18.0 Å². The van der Waals surface area contributed by atoms with E-state index in [-0.39, 0.29) is 23.5 Å². The van der Waals surface area contributed by atoms with Crippen molar-refractivity contribution in [2.24, 2.45) is 5.92 Å². The fraction of sp³-hybridized carbons (Fsp3) is 0.500. The Bertz CT molecular complexity index is 598. The molecule has 1 aromatic carbocycles. The monoisotopic (exact) mass is 290 g/mol. The largest absolute Gasteiger partial charge is 0.329 e. The molecule has 0 aromatic heterocycles. The number of amides is 2. The van der Waals surface area contributed by atoms with E-state index in [0.29, 0.717) is 24.3 Å². The number of carbonyl (C=O) groups excluding carboxylic acids is 2. The van der Waals surface area contributed by atoms with Crippen molar-refractivity contribution >= 4 is 17.5 Å². The first-order valence-corrected chi connectivity index (χ1v) is 7.37. The number of nitrogens with zero attached hydrogens (tertiary/aromatic N) is 2. The van der Waals surface area contributed by atoms with Gasteiger partial charge in [0.1, 0.15) is 11.9 Å². The van der Waals surface area contributed by atoms with Gasteiger partial charge in [-0.3, -0.25) is 9.59 Å². The van der Waals surface area contributed by atoms with Crippen molar-refractivity contribution in [2.45, 2.75) is 32.7 Å². The van der Waals surface area contributed by atoms with Gasteiger partial charge in [0, 0.05) is 24.7 Å². The molecule has 1 heterocycles. The highest BCUT2D eigenvalue weighted by atomic mass is 19.1. The predicted octanol–water partition coefficient (Wildman–Crippen LogP) is 2.11. The van der Waals surface area contributed by atoms with Crippen LogP contribution in [0.2, 0.25) is 0 Å². The molecule has 1 saturated heterocycles. The summed E-state index contributed by atoms with van der Waals surface area (Å²) in [6.07, 6.45) is 1.87. The second-order valence-corrected chi connectivity index (χ2v) is 5.91. The SMILES string of the molecule is Cc1ccc(N2CCN(C(=O)C3CC3)C(C)C2=O)cc1F. The van der Waals surface area contributed by atoms with E-state index in [1.165, 1.54) is 6.07 Å². The molecule has 4 nitrogen and oxygen atoms in total. The predicted molar refractivity (Wildman–Crippen MR) is 77.4 cm³/mol. The Hall–Kier alpha value is -1.91. The molecule has 0 spiro atoms. The number of anilines is 1. The Morgan fingerprint density at radius 3 is 2.62 bits per heavy atom. The Morgan fingerprint density at radius 2 is 2.00 bits per heavy atom. The maximum absolute atomic E-state index is 13.7. The van der Waals surface area contributed by atoms with Gasteiger partial charge >= 0.3 is 0 Å². The molecule has 2 fully saturated rings. The number of halogens is 1. The first kappa shape index (κ1) is 14.0. The number of carbonyl (C=O) groups is 2. The summed E-state index contributed by atoms with van der Waals surface area (Å²) in [4.78, 5) is 27.9. The third-order valence-corrected chi connectivity index (χ3v) is 4.33. The van der Waals surface area contributed by atoms with Crippen LogP contribution < -0.4 is 4.90 Å². The number of rotatable bonds is 2. The van der Waals surface area contributed by atoms with E-state index in [2.05, 4.69) is 0 Å². The van der Waals surface area contributed by atoms with Gasteiger partial charge < -0.3 is 9.80 Å². The van der Waals surface area contributed by atoms with E-state index in [4.69, 9.17) is 0 Å². The molecule has 21 heavy (non-hydrogen) atoms. The zero-order valence-corrected chi connectivity index (χ0v) is 12.3. The molecule has 0 radical (unpaired) electrons. The summed E-state index contributed by atoms with van der Waals surface area (Å²) in [5.41, 5.74) is 1.12. The van der Waals surface area contributed by atoms with Crippen molar-refractivity contribution in [3.8, 4) is 0 Å². The Kier molecular flexibility index (Phi) is 3.43. The normalized spacial score (nSPS) is 22.6. The highest BCUT2D eigenvalue weighted by Gasteiger charge is 2.40. The Morgan fingerprint density at radius 1 is 1.29 bits per heavy atom. The smallest absolute Gasteiger partial charge is 0.249 e. The van der Waals surface area contributed by atoms with E-state index >= 15 is 0 Å². The van der Waals surface area contributed by atoms with Crippen LogP contribution in [0.3, 0.4) is 0 Å². The van der Waals surface area contributed by atoms with Crippen LogP contribution in [0.15, 0.2) is 18.2 Å². The van der Waals surface area contributed by atoms with Crippen LogP contribution >= 0.6 is 0 Å². The summed E-state index contributed by atoms with van der Waals surface area (Å²) in [5, 5.41) is 0. The number of benzene rings is 1. The molecular formula is C16H19FN2O2.